The van der Waals surface area contributed by atoms with Crippen molar-refractivity contribution >= 4 is 11.9 Å². The van der Waals surface area contributed by atoms with Crippen LogP contribution in [-0.2, 0) is 9.47 Å². The number of benzene rings is 1. The fourth-order valence-corrected chi connectivity index (χ4v) is 3.24. The zero-order chi connectivity index (χ0) is 18.6. The van der Waals surface area contributed by atoms with E-state index >= 15 is 0 Å². The fourth-order valence-electron chi connectivity index (χ4n) is 3.24. The standard InChI is InChI=1S/C19H21FN4O3/c20-16-4-2-1-3-14(16)17-15(18(25)23-5-9-26-10-6-23)13-21-19(22-17)24-7-11-27-12-8-24/h1-4,13H,5-12H2. The van der Waals surface area contributed by atoms with Gasteiger partial charge in [0.25, 0.3) is 5.91 Å². The number of rotatable bonds is 3. The van der Waals surface area contributed by atoms with Crippen molar-refractivity contribution < 1.29 is 18.7 Å². The molecule has 3 heterocycles. The molecule has 0 atom stereocenters. The van der Waals surface area contributed by atoms with Crippen LogP contribution in [0.5, 0.6) is 0 Å². The van der Waals surface area contributed by atoms with Gasteiger partial charge in [-0.25, -0.2) is 14.4 Å². The van der Waals surface area contributed by atoms with E-state index in [1.165, 1.54) is 12.3 Å². The maximum Gasteiger partial charge on any atom is 0.257 e. The molecule has 1 amide bonds. The van der Waals surface area contributed by atoms with E-state index in [9.17, 15) is 9.18 Å². The Balaban J connectivity index is 1.75. The molecule has 0 aliphatic carbocycles. The first-order valence-corrected chi connectivity index (χ1v) is 9.05. The molecular weight excluding hydrogens is 351 g/mol. The quantitative estimate of drug-likeness (QED) is 0.815. The second-order valence-corrected chi connectivity index (χ2v) is 6.42. The molecule has 2 fully saturated rings. The van der Waals surface area contributed by atoms with Gasteiger partial charge < -0.3 is 19.3 Å². The van der Waals surface area contributed by atoms with Gasteiger partial charge in [-0.2, -0.15) is 0 Å². The number of carbonyl (C=O) groups excluding carboxylic acids is 1. The molecule has 1 aromatic heterocycles. The molecule has 0 bridgehead atoms. The highest BCUT2D eigenvalue weighted by atomic mass is 19.1. The second kappa shape index (κ2) is 7.98. The van der Waals surface area contributed by atoms with Gasteiger partial charge in [-0.3, -0.25) is 4.79 Å². The fraction of sp³-hybridized carbons (Fsp3) is 0.421. The number of carbonyl (C=O) groups is 1. The first kappa shape index (κ1) is 17.8. The van der Waals surface area contributed by atoms with Crippen LogP contribution < -0.4 is 4.90 Å². The zero-order valence-electron chi connectivity index (χ0n) is 14.9. The molecule has 1 aromatic carbocycles. The molecule has 7 nitrogen and oxygen atoms in total. The van der Waals surface area contributed by atoms with Gasteiger partial charge in [-0.15, -0.1) is 0 Å². The van der Waals surface area contributed by atoms with Crippen molar-refractivity contribution in [1.82, 2.24) is 14.9 Å². The van der Waals surface area contributed by atoms with Gasteiger partial charge in [0.05, 0.1) is 37.7 Å². The molecule has 0 saturated carbocycles. The minimum atomic E-state index is -0.417. The van der Waals surface area contributed by atoms with E-state index in [2.05, 4.69) is 9.97 Å². The van der Waals surface area contributed by atoms with Crippen molar-refractivity contribution in [3.8, 4) is 11.3 Å². The summed E-state index contributed by atoms with van der Waals surface area (Å²) in [4.78, 5) is 25.7. The molecule has 0 spiro atoms. The number of nitrogens with zero attached hydrogens (tertiary/aromatic N) is 4. The molecule has 142 valence electrons. The molecule has 4 rings (SSSR count). The molecular formula is C19H21FN4O3. The van der Waals surface area contributed by atoms with Crippen LogP contribution in [0, 0.1) is 5.82 Å². The summed E-state index contributed by atoms with van der Waals surface area (Å²) in [7, 11) is 0. The number of morpholine rings is 2. The maximum absolute atomic E-state index is 14.5. The highest BCUT2D eigenvalue weighted by Crippen LogP contribution is 2.27. The Morgan fingerprint density at radius 3 is 2.37 bits per heavy atom. The van der Waals surface area contributed by atoms with Crippen LogP contribution in [0.15, 0.2) is 30.5 Å². The summed E-state index contributed by atoms with van der Waals surface area (Å²) in [5, 5.41) is 0. The van der Waals surface area contributed by atoms with E-state index in [1.807, 2.05) is 4.90 Å². The predicted molar refractivity (Wildman–Crippen MR) is 97.2 cm³/mol. The van der Waals surface area contributed by atoms with E-state index in [-0.39, 0.29) is 5.91 Å². The summed E-state index contributed by atoms with van der Waals surface area (Å²) in [6, 6.07) is 6.36. The second-order valence-electron chi connectivity index (χ2n) is 6.42. The van der Waals surface area contributed by atoms with Gasteiger partial charge in [0.15, 0.2) is 0 Å². The van der Waals surface area contributed by atoms with Crippen molar-refractivity contribution in [2.24, 2.45) is 0 Å². The number of amides is 1. The smallest absolute Gasteiger partial charge is 0.257 e. The average Bonchev–Trinajstić information content (AvgIpc) is 2.74. The van der Waals surface area contributed by atoms with E-state index < -0.39 is 5.82 Å². The van der Waals surface area contributed by atoms with E-state index in [0.29, 0.717) is 75.4 Å². The Hall–Kier alpha value is -2.58. The summed E-state index contributed by atoms with van der Waals surface area (Å²) in [6.45, 7) is 4.49. The Morgan fingerprint density at radius 2 is 1.67 bits per heavy atom. The van der Waals surface area contributed by atoms with Crippen LogP contribution in [0.4, 0.5) is 10.3 Å². The topological polar surface area (TPSA) is 67.8 Å². The highest BCUT2D eigenvalue weighted by molar-refractivity contribution is 6.00. The summed E-state index contributed by atoms with van der Waals surface area (Å²) in [6.07, 6.45) is 1.51. The van der Waals surface area contributed by atoms with Gasteiger partial charge in [0.1, 0.15) is 5.82 Å². The highest BCUT2D eigenvalue weighted by Gasteiger charge is 2.25. The molecule has 2 aromatic rings. The Morgan fingerprint density at radius 1 is 1.00 bits per heavy atom. The van der Waals surface area contributed by atoms with Crippen molar-refractivity contribution in [2.45, 2.75) is 0 Å². The van der Waals surface area contributed by atoms with Gasteiger partial charge in [0.2, 0.25) is 5.95 Å². The predicted octanol–water partition coefficient (Wildman–Crippen LogP) is 1.59. The monoisotopic (exact) mass is 372 g/mol. The third-order valence-corrected chi connectivity index (χ3v) is 4.73. The lowest BCUT2D eigenvalue weighted by Crippen LogP contribution is -2.41. The first-order valence-electron chi connectivity index (χ1n) is 9.05. The maximum atomic E-state index is 14.5. The number of ether oxygens (including phenoxy) is 2. The van der Waals surface area contributed by atoms with Crippen molar-refractivity contribution in [3.63, 3.8) is 0 Å². The van der Waals surface area contributed by atoms with Crippen molar-refractivity contribution in [3.05, 3.63) is 41.8 Å². The Labute approximate surface area is 156 Å². The van der Waals surface area contributed by atoms with Crippen molar-refractivity contribution in [2.75, 3.05) is 57.5 Å². The van der Waals surface area contributed by atoms with E-state index in [0.717, 1.165) is 0 Å². The Kier molecular flexibility index (Phi) is 5.26. The molecule has 2 aliphatic rings. The Bertz CT molecular complexity index is 820. The van der Waals surface area contributed by atoms with Crippen LogP contribution in [0.1, 0.15) is 10.4 Å². The molecule has 2 aliphatic heterocycles. The normalized spacial score (nSPS) is 17.8. The van der Waals surface area contributed by atoms with Gasteiger partial charge in [-0.05, 0) is 12.1 Å². The third-order valence-electron chi connectivity index (χ3n) is 4.73. The van der Waals surface area contributed by atoms with E-state index in [4.69, 9.17) is 9.47 Å². The molecule has 27 heavy (non-hydrogen) atoms. The number of anilines is 1. The molecule has 0 unspecified atom stereocenters. The average molecular weight is 372 g/mol. The zero-order valence-corrected chi connectivity index (χ0v) is 14.9. The summed E-state index contributed by atoms with van der Waals surface area (Å²) in [5.74, 6) is -0.139. The molecule has 0 N–H and O–H groups in total. The van der Waals surface area contributed by atoms with Crippen molar-refractivity contribution in [1.29, 1.82) is 0 Å². The molecule has 8 heteroatoms. The molecule has 0 radical (unpaired) electrons. The SMILES string of the molecule is O=C(c1cnc(N2CCOCC2)nc1-c1ccccc1F)N1CCOCC1. The summed E-state index contributed by atoms with van der Waals surface area (Å²) in [5.41, 5.74) is 0.922. The minimum Gasteiger partial charge on any atom is -0.378 e. The minimum absolute atomic E-state index is 0.204. The van der Waals surface area contributed by atoms with Crippen LogP contribution in [0.3, 0.4) is 0 Å². The number of halogens is 1. The van der Waals surface area contributed by atoms with Crippen LogP contribution in [-0.4, -0.2) is 73.4 Å². The van der Waals surface area contributed by atoms with Crippen LogP contribution >= 0.6 is 0 Å². The lowest BCUT2D eigenvalue weighted by molar-refractivity contribution is 0.0303. The van der Waals surface area contributed by atoms with Gasteiger partial charge in [-0.1, -0.05) is 12.1 Å². The summed E-state index contributed by atoms with van der Waals surface area (Å²) >= 11 is 0. The first-order chi connectivity index (χ1) is 13.2. The number of hydrogen-bond donors (Lipinski definition) is 0. The van der Waals surface area contributed by atoms with Gasteiger partial charge in [0, 0.05) is 37.9 Å². The largest absolute Gasteiger partial charge is 0.378 e. The number of aromatic nitrogens is 2. The van der Waals surface area contributed by atoms with Gasteiger partial charge >= 0.3 is 0 Å². The lowest BCUT2D eigenvalue weighted by Gasteiger charge is -2.29. The molecule has 2 saturated heterocycles. The lowest BCUT2D eigenvalue weighted by atomic mass is 10.1. The van der Waals surface area contributed by atoms with Crippen LogP contribution in [0.2, 0.25) is 0 Å². The third kappa shape index (κ3) is 3.77. The van der Waals surface area contributed by atoms with Crippen LogP contribution in [0.25, 0.3) is 11.3 Å². The summed E-state index contributed by atoms with van der Waals surface area (Å²) < 4.78 is 25.2. The number of hydrogen-bond acceptors (Lipinski definition) is 6. The van der Waals surface area contributed by atoms with E-state index in [1.54, 1.807) is 23.1 Å².